The van der Waals surface area contributed by atoms with E-state index in [0.717, 1.165) is 5.39 Å². The summed E-state index contributed by atoms with van der Waals surface area (Å²) in [5.74, 6) is -0.155. The Morgan fingerprint density at radius 1 is 1.29 bits per heavy atom. The molecule has 0 bridgehead atoms. The number of pyridine rings is 1. The molecule has 0 spiro atoms. The van der Waals surface area contributed by atoms with Gasteiger partial charge in [-0.15, -0.1) is 0 Å². The van der Waals surface area contributed by atoms with Gasteiger partial charge < -0.3 is 10.6 Å². The van der Waals surface area contributed by atoms with Crippen LogP contribution in [-0.2, 0) is 0 Å². The lowest BCUT2D eigenvalue weighted by Gasteiger charge is -2.12. The van der Waals surface area contributed by atoms with E-state index in [2.05, 4.69) is 4.98 Å². The summed E-state index contributed by atoms with van der Waals surface area (Å²) in [5.41, 5.74) is 6.74. The second kappa shape index (κ2) is 4.22. The third-order valence-electron chi connectivity index (χ3n) is 2.54. The van der Waals surface area contributed by atoms with Crippen LogP contribution in [0.1, 0.15) is 10.5 Å². The van der Waals surface area contributed by atoms with Gasteiger partial charge in [0.05, 0.1) is 10.7 Å². The Hall–Kier alpha value is -1.81. The molecule has 0 aliphatic heterocycles. The number of hydrogen-bond acceptors (Lipinski definition) is 3. The zero-order chi connectivity index (χ0) is 12.6. The van der Waals surface area contributed by atoms with Crippen molar-refractivity contribution in [3.05, 3.63) is 35.1 Å². The number of nitrogens with zero attached hydrogens (tertiary/aromatic N) is 2. The lowest BCUT2D eigenvalue weighted by Crippen LogP contribution is -2.23. The average Bonchev–Trinajstić information content (AvgIpc) is 2.32. The van der Waals surface area contributed by atoms with Crippen LogP contribution >= 0.6 is 11.6 Å². The number of fused-ring (bicyclic) bond motifs is 1. The van der Waals surface area contributed by atoms with Crippen molar-refractivity contribution in [2.45, 2.75) is 0 Å². The Kier molecular flexibility index (Phi) is 2.90. The van der Waals surface area contributed by atoms with Crippen LogP contribution in [0, 0.1) is 0 Å². The van der Waals surface area contributed by atoms with Crippen LogP contribution in [0.5, 0.6) is 0 Å². The predicted molar refractivity (Wildman–Crippen MR) is 69.2 cm³/mol. The highest BCUT2D eigenvalue weighted by Crippen LogP contribution is 2.29. The van der Waals surface area contributed by atoms with Crippen LogP contribution in [-0.4, -0.2) is 29.9 Å². The molecule has 0 unspecified atom stereocenters. The van der Waals surface area contributed by atoms with Crippen molar-refractivity contribution in [3.8, 4) is 0 Å². The number of amides is 1. The summed E-state index contributed by atoms with van der Waals surface area (Å²) in [6.45, 7) is 0. The Labute approximate surface area is 104 Å². The summed E-state index contributed by atoms with van der Waals surface area (Å²) in [4.78, 5) is 17.5. The van der Waals surface area contributed by atoms with Crippen molar-refractivity contribution in [3.63, 3.8) is 0 Å². The third kappa shape index (κ3) is 1.91. The van der Waals surface area contributed by atoms with Gasteiger partial charge in [0.1, 0.15) is 5.69 Å². The van der Waals surface area contributed by atoms with Crippen LogP contribution in [0.15, 0.2) is 24.4 Å². The first-order valence-electron chi connectivity index (χ1n) is 5.06. The molecule has 1 heterocycles. The highest BCUT2D eigenvalue weighted by atomic mass is 35.5. The van der Waals surface area contributed by atoms with Gasteiger partial charge in [-0.25, -0.2) is 0 Å². The summed E-state index contributed by atoms with van der Waals surface area (Å²) in [5, 5.41) is 1.94. The van der Waals surface area contributed by atoms with Gasteiger partial charge in [-0.05, 0) is 12.1 Å². The molecule has 0 saturated carbocycles. The number of halogens is 1. The highest BCUT2D eigenvalue weighted by Gasteiger charge is 2.15. The average molecular weight is 250 g/mol. The van der Waals surface area contributed by atoms with Crippen molar-refractivity contribution < 1.29 is 4.79 Å². The Morgan fingerprint density at radius 3 is 2.65 bits per heavy atom. The van der Waals surface area contributed by atoms with Crippen molar-refractivity contribution in [2.75, 3.05) is 19.8 Å². The molecule has 0 aliphatic rings. The number of nitrogens with two attached hydrogens (primary N) is 1. The molecule has 1 amide bonds. The quantitative estimate of drug-likeness (QED) is 0.788. The zero-order valence-corrected chi connectivity index (χ0v) is 10.3. The lowest BCUT2D eigenvalue weighted by atomic mass is 10.1. The SMILES string of the molecule is CN(C)C(=O)c1nccc2c(N)c(Cl)ccc12. The van der Waals surface area contributed by atoms with Crippen molar-refractivity contribution in [1.29, 1.82) is 0 Å². The molecule has 0 saturated heterocycles. The standard InChI is InChI=1S/C12H12ClN3O/c1-16(2)12(17)11-8-3-4-9(13)10(14)7(8)5-6-15-11/h3-6H,14H2,1-2H3. The minimum atomic E-state index is -0.155. The number of rotatable bonds is 1. The van der Waals surface area contributed by atoms with Gasteiger partial charge in [0, 0.05) is 31.1 Å². The maximum Gasteiger partial charge on any atom is 0.272 e. The van der Waals surface area contributed by atoms with E-state index in [9.17, 15) is 4.79 Å². The topological polar surface area (TPSA) is 59.2 Å². The van der Waals surface area contributed by atoms with E-state index in [1.807, 2.05) is 0 Å². The minimum Gasteiger partial charge on any atom is -0.397 e. The van der Waals surface area contributed by atoms with Gasteiger partial charge in [0.15, 0.2) is 0 Å². The van der Waals surface area contributed by atoms with Crippen LogP contribution < -0.4 is 5.73 Å². The van der Waals surface area contributed by atoms with Gasteiger partial charge >= 0.3 is 0 Å². The Bertz CT molecular complexity index is 596. The molecule has 88 valence electrons. The van der Waals surface area contributed by atoms with E-state index < -0.39 is 0 Å². The molecule has 0 atom stereocenters. The monoisotopic (exact) mass is 249 g/mol. The molecule has 2 N–H and O–H groups in total. The normalized spacial score (nSPS) is 10.5. The van der Waals surface area contributed by atoms with Crippen LogP contribution in [0.3, 0.4) is 0 Å². The number of nitrogen functional groups attached to an aromatic ring is 1. The fourth-order valence-corrected chi connectivity index (χ4v) is 1.80. The summed E-state index contributed by atoms with van der Waals surface area (Å²) >= 11 is 5.94. The Balaban J connectivity index is 2.75. The molecule has 0 aliphatic carbocycles. The molecule has 1 aromatic heterocycles. The number of benzene rings is 1. The number of carbonyl (C=O) groups excluding carboxylic acids is 1. The lowest BCUT2D eigenvalue weighted by molar-refractivity contribution is 0.0824. The second-order valence-electron chi connectivity index (χ2n) is 3.92. The third-order valence-corrected chi connectivity index (χ3v) is 2.87. The van der Waals surface area contributed by atoms with Gasteiger partial charge in [-0.2, -0.15) is 0 Å². The first-order valence-corrected chi connectivity index (χ1v) is 5.44. The number of anilines is 1. The summed E-state index contributed by atoms with van der Waals surface area (Å²) in [6, 6.07) is 5.19. The number of aromatic nitrogens is 1. The molecule has 0 radical (unpaired) electrons. The molecule has 0 fully saturated rings. The maximum absolute atomic E-state index is 11.9. The van der Waals surface area contributed by atoms with Crippen molar-refractivity contribution in [1.82, 2.24) is 9.88 Å². The van der Waals surface area contributed by atoms with Gasteiger partial charge in [0.2, 0.25) is 0 Å². The highest BCUT2D eigenvalue weighted by molar-refractivity contribution is 6.34. The fourth-order valence-electron chi connectivity index (χ4n) is 1.63. The first-order chi connectivity index (χ1) is 8.02. The molecule has 2 rings (SSSR count). The van der Waals surface area contributed by atoms with Gasteiger partial charge in [-0.1, -0.05) is 17.7 Å². The van der Waals surface area contributed by atoms with E-state index in [-0.39, 0.29) is 5.91 Å². The van der Waals surface area contributed by atoms with Crippen LogP contribution in [0.25, 0.3) is 10.8 Å². The molecule has 4 nitrogen and oxygen atoms in total. The van der Waals surface area contributed by atoms with Crippen LogP contribution in [0.4, 0.5) is 5.69 Å². The minimum absolute atomic E-state index is 0.155. The summed E-state index contributed by atoms with van der Waals surface area (Å²) in [7, 11) is 3.37. The van der Waals surface area contributed by atoms with Crippen LogP contribution in [0.2, 0.25) is 5.02 Å². The molecule has 1 aromatic carbocycles. The van der Waals surface area contributed by atoms with E-state index >= 15 is 0 Å². The van der Waals surface area contributed by atoms with E-state index in [4.69, 9.17) is 17.3 Å². The number of hydrogen-bond donors (Lipinski definition) is 1. The molecule has 5 heteroatoms. The van der Waals surface area contributed by atoms with E-state index in [0.29, 0.717) is 21.8 Å². The first kappa shape index (κ1) is 11.7. The Morgan fingerprint density at radius 2 is 2.00 bits per heavy atom. The molecule has 2 aromatic rings. The largest absolute Gasteiger partial charge is 0.397 e. The van der Waals surface area contributed by atoms with Gasteiger partial charge in [0.25, 0.3) is 5.91 Å². The summed E-state index contributed by atoms with van der Waals surface area (Å²) in [6.07, 6.45) is 1.56. The molecular weight excluding hydrogens is 238 g/mol. The van der Waals surface area contributed by atoms with E-state index in [1.54, 1.807) is 38.5 Å². The second-order valence-corrected chi connectivity index (χ2v) is 4.32. The van der Waals surface area contributed by atoms with Crippen molar-refractivity contribution in [2.24, 2.45) is 0 Å². The maximum atomic E-state index is 11.9. The predicted octanol–water partition coefficient (Wildman–Crippen LogP) is 2.17. The zero-order valence-electron chi connectivity index (χ0n) is 9.57. The molecular formula is C12H12ClN3O. The van der Waals surface area contributed by atoms with Crippen molar-refractivity contribution >= 4 is 34.0 Å². The van der Waals surface area contributed by atoms with Gasteiger partial charge in [-0.3, -0.25) is 9.78 Å². The van der Waals surface area contributed by atoms with E-state index in [1.165, 1.54) is 4.90 Å². The fraction of sp³-hybridized carbons (Fsp3) is 0.167. The molecule has 17 heavy (non-hydrogen) atoms. The number of carbonyl (C=O) groups is 1. The smallest absolute Gasteiger partial charge is 0.272 e. The summed E-state index contributed by atoms with van der Waals surface area (Å²) < 4.78 is 0.